The Labute approximate surface area is 200 Å². The maximum absolute atomic E-state index is 14.6. The molecule has 0 atom stereocenters. The first-order chi connectivity index (χ1) is 16.3. The van der Waals surface area contributed by atoms with E-state index in [9.17, 15) is 13.6 Å². The number of nitrogens with two attached hydrogens (primary N) is 1. The average molecular weight is 490 g/mol. The molecule has 0 saturated heterocycles. The van der Waals surface area contributed by atoms with E-state index in [0.717, 1.165) is 50.7 Å². The van der Waals surface area contributed by atoms with Crippen LogP contribution in [0.3, 0.4) is 0 Å². The molecule has 5 rings (SSSR count). The molecule has 2 fully saturated rings. The minimum Gasteiger partial charge on any atom is -0.369 e. The highest BCUT2D eigenvalue weighted by Crippen LogP contribution is 2.40. The van der Waals surface area contributed by atoms with Crippen LogP contribution in [0.2, 0.25) is 5.02 Å². The van der Waals surface area contributed by atoms with Gasteiger partial charge in [0.05, 0.1) is 22.3 Å². The quantitative estimate of drug-likeness (QED) is 0.435. The number of imidazole rings is 1. The fraction of sp³-hybridized carbons (Fsp3) is 0.478. The first-order valence-corrected chi connectivity index (χ1v) is 11.9. The van der Waals surface area contributed by atoms with Gasteiger partial charge in [0.25, 0.3) is 0 Å². The van der Waals surface area contributed by atoms with E-state index in [2.05, 4.69) is 25.6 Å². The van der Waals surface area contributed by atoms with Gasteiger partial charge in [-0.1, -0.05) is 30.9 Å². The fourth-order valence-corrected chi connectivity index (χ4v) is 5.00. The van der Waals surface area contributed by atoms with Crippen LogP contribution in [-0.2, 0) is 11.3 Å². The van der Waals surface area contributed by atoms with Crippen LogP contribution >= 0.6 is 11.6 Å². The number of rotatable bonds is 7. The Morgan fingerprint density at radius 2 is 1.94 bits per heavy atom. The van der Waals surface area contributed by atoms with E-state index in [0.29, 0.717) is 36.0 Å². The number of nitrogens with zero attached hydrogens (tertiary/aromatic N) is 4. The lowest BCUT2D eigenvalue weighted by molar-refractivity contribution is -0.130. The standard InChI is InChI=1S/C23H26ClF2N7O/c24-15-9-13(25)10-16(26)18(15)31-22-30-17-11-28-21(29-14-5-4-6-14)32-19(17)33(22)12-23(20(27)34)7-2-1-3-8-23/h9-11,14H,1-8,12H2,(H2,27,34)(H,30,31)(H,28,29,32). The smallest absolute Gasteiger partial charge is 0.225 e. The molecule has 34 heavy (non-hydrogen) atoms. The van der Waals surface area contributed by atoms with Gasteiger partial charge in [0, 0.05) is 18.7 Å². The van der Waals surface area contributed by atoms with Gasteiger partial charge < -0.3 is 16.4 Å². The normalized spacial score (nSPS) is 18.0. The van der Waals surface area contributed by atoms with E-state index in [1.165, 1.54) is 0 Å². The second-order valence-corrected chi connectivity index (χ2v) is 9.68. The Hall–Kier alpha value is -3.01. The van der Waals surface area contributed by atoms with Crippen molar-refractivity contribution in [3.63, 3.8) is 0 Å². The van der Waals surface area contributed by atoms with E-state index < -0.39 is 17.0 Å². The van der Waals surface area contributed by atoms with Crippen molar-refractivity contribution in [2.75, 3.05) is 10.6 Å². The van der Waals surface area contributed by atoms with Gasteiger partial charge in [-0.2, -0.15) is 4.98 Å². The lowest BCUT2D eigenvalue weighted by atomic mass is 9.73. The van der Waals surface area contributed by atoms with Crippen molar-refractivity contribution in [2.45, 2.75) is 64.0 Å². The Morgan fingerprint density at radius 3 is 2.59 bits per heavy atom. The van der Waals surface area contributed by atoms with Gasteiger partial charge >= 0.3 is 0 Å². The highest BCUT2D eigenvalue weighted by molar-refractivity contribution is 6.33. The van der Waals surface area contributed by atoms with Gasteiger partial charge in [0.2, 0.25) is 17.8 Å². The SMILES string of the molecule is NC(=O)C1(Cn2c(Nc3c(F)cc(F)cc3Cl)nc3cnc(NC4CCC4)nc32)CCCCC1. The van der Waals surface area contributed by atoms with Gasteiger partial charge in [0.1, 0.15) is 11.3 Å². The summed E-state index contributed by atoms with van der Waals surface area (Å²) >= 11 is 6.12. The second-order valence-electron chi connectivity index (χ2n) is 9.27. The van der Waals surface area contributed by atoms with Crippen molar-refractivity contribution >= 4 is 46.3 Å². The number of fused-ring (bicyclic) bond motifs is 1. The number of amides is 1. The molecule has 2 aromatic heterocycles. The molecular formula is C23H26ClF2N7O. The van der Waals surface area contributed by atoms with Gasteiger partial charge in [-0.3, -0.25) is 9.36 Å². The number of hydrogen-bond acceptors (Lipinski definition) is 6. The topological polar surface area (TPSA) is 111 Å². The summed E-state index contributed by atoms with van der Waals surface area (Å²) in [7, 11) is 0. The summed E-state index contributed by atoms with van der Waals surface area (Å²) in [6.07, 6.45) is 8.97. The highest BCUT2D eigenvalue weighted by atomic mass is 35.5. The third kappa shape index (κ3) is 4.26. The third-order valence-electron chi connectivity index (χ3n) is 6.96. The average Bonchev–Trinajstić information content (AvgIpc) is 3.10. The number of carbonyl (C=O) groups excluding carboxylic acids is 1. The number of benzene rings is 1. The largest absolute Gasteiger partial charge is 0.369 e. The number of hydrogen-bond donors (Lipinski definition) is 3. The zero-order valence-electron chi connectivity index (χ0n) is 18.6. The van der Waals surface area contributed by atoms with Crippen molar-refractivity contribution in [1.82, 2.24) is 19.5 Å². The van der Waals surface area contributed by atoms with Crippen LogP contribution in [-0.4, -0.2) is 31.5 Å². The highest BCUT2D eigenvalue weighted by Gasteiger charge is 2.39. The molecule has 1 aromatic carbocycles. The number of nitrogens with one attached hydrogen (secondary N) is 2. The second kappa shape index (κ2) is 8.98. The summed E-state index contributed by atoms with van der Waals surface area (Å²) in [6, 6.07) is 2.09. The summed E-state index contributed by atoms with van der Waals surface area (Å²) in [6.45, 7) is 0.224. The van der Waals surface area contributed by atoms with Crippen molar-refractivity contribution in [2.24, 2.45) is 11.1 Å². The minimum atomic E-state index is -0.857. The lowest BCUT2D eigenvalue weighted by Gasteiger charge is -2.35. The molecule has 180 valence electrons. The van der Waals surface area contributed by atoms with Gasteiger partial charge in [0.15, 0.2) is 11.5 Å². The molecule has 2 aliphatic rings. The van der Waals surface area contributed by atoms with E-state index in [4.69, 9.17) is 17.3 Å². The maximum atomic E-state index is 14.6. The summed E-state index contributed by atoms with van der Waals surface area (Å²) in [5, 5.41) is 6.08. The molecule has 2 heterocycles. The molecule has 11 heteroatoms. The molecule has 1 amide bonds. The van der Waals surface area contributed by atoms with Crippen LogP contribution in [0.4, 0.5) is 26.4 Å². The fourth-order valence-electron chi connectivity index (χ4n) is 4.76. The third-order valence-corrected chi connectivity index (χ3v) is 7.26. The molecule has 0 aliphatic heterocycles. The van der Waals surface area contributed by atoms with E-state index in [1.807, 2.05) is 0 Å². The summed E-state index contributed by atoms with van der Waals surface area (Å²) in [5.74, 6) is -1.33. The number of halogens is 3. The van der Waals surface area contributed by atoms with Gasteiger partial charge in [-0.05, 0) is 38.2 Å². The molecule has 0 bridgehead atoms. The Balaban J connectivity index is 1.59. The Kier molecular flexibility index (Phi) is 6.01. The summed E-state index contributed by atoms with van der Waals surface area (Å²) < 4.78 is 29.9. The van der Waals surface area contributed by atoms with Crippen molar-refractivity contribution in [1.29, 1.82) is 0 Å². The number of carbonyl (C=O) groups is 1. The van der Waals surface area contributed by atoms with Crippen LogP contribution in [0.25, 0.3) is 11.2 Å². The maximum Gasteiger partial charge on any atom is 0.225 e. The Bertz CT molecular complexity index is 1210. The van der Waals surface area contributed by atoms with Crippen molar-refractivity contribution in [3.05, 3.63) is 35.0 Å². The van der Waals surface area contributed by atoms with Crippen LogP contribution in [0.15, 0.2) is 18.3 Å². The number of aromatic nitrogens is 4. The zero-order valence-corrected chi connectivity index (χ0v) is 19.3. The molecule has 0 radical (unpaired) electrons. The minimum absolute atomic E-state index is 0.114. The summed E-state index contributed by atoms with van der Waals surface area (Å²) in [5.41, 5.74) is 5.96. The Morgan fingerprint density at radius 1 is 1.18 bits per heavy atom. The van der Waals surface area contributed by atoms with Gasteiger partial charge in [-0.15, -0.1) is 0 Å². The van der Waals surface area contributed by atoms with E-state index in [1.54, 1.807) is 10.8 Å². The van der Waals surface area contributed by atoms with Crippen LogP contribution in [0.5, 0.6) is 0 Å². The molecule has 0 spiro atoms. The first-order valence-electron chi connectivity index (χ1n) is 11.6. The van der Waals surface area contributed by atoms with E-state index >= 15 is 0 Å². The molecule has 2 saturated carbocycles. The predicted molar refractivity (Wildman–Crippen MR) is 126 cm³/mol. The predicted octanol–water partition coefficient (Wildman–Crippen LogP) is 4.90. The first kappa shape index (κ1) is 22.8. The van der Waals surface area contributed by atoms with E-state index in [-0.39, 0.29) is 29.1 Å². The van der Waals surface area contributed by atoms with Crippen LogP contribution in [0, 0.1) is 17.0 Å². The van der Waals surface area contributed by atoms with Crippen LogP contribution in [0.1, 0.15) is 51.4 Å². The number of primary amides is 1. The van der Waals surface area contributed by atoms with Gasteiger partial charge in [-0.25, -0.2) is 18.7 Å². The molecular weight excluding hydrogens is 464 g/mol. The molecule has 4 N–H and O–H groups in total. The monoisotopic (exact) mass is 489 g/mol. The molecule has 8 nitrogen and oxygen atoms in total. The zero-order chi connectivity index (χ0) is 23.9. The summed E-state index contributed by atoms with van der Waals surface area (Å²) in [4.78, 5) is 26.2. The molecule has 2 aliphatic carbocycles. The van der Waals surface area contributed by atoms with Crippen molar-refractivity contribution < 1.29 is 13.6 Å². The number of anilines is 3. The molecule has 0 unspecified atom stereocenters. The van der Waals surface area contributed by atoms with Crippen LogP contribution < -0.4 is 16.4 Å². The molecule has 3 aromatic rings. The van der Waals surface area contributed by atoms with Crippen molar-refractivity contribution in [3.8, 4) is 0 Å². The lowest BCUT2D eigenvalue weighted by Crippen LogP contribution is -2.42.